The van der Waals surface area contributed by atoms with Gasteiger partial charge in [0.15, 0.2) is 0 Å². The predicted molar refractivity (Wildman–Crippen MR) is 138 cm³/mol. The zero-order valence-electron chi connectivity index (χ0n) is 19.8. The van der Waals surface area contributed by atoms with Crippen molar-refractivity contribution in [2.24, 2.45) is 0 Å². The molecule has 1 saturated heterocycles. The van der Waals surface area contributed by atoms with E-state index >= 15 is 0 Å². The molecule has 2 aromatic carbocycles. The number of rotatable bonds is 13. The van der Waals surface area contributed by atoms with Crippen molar-refractivity contribution in [3.8, 4) is 5.75 Å². The molecule has 178 valence electrons. The lowest BCUT2D eigenvalue weighted by molar-refractivity contribution is -0.116. The van der Waals surface area contributed by atoms with Gasteiger partial charge in [-0.3, -0.25) is 14.5 Å². The maximum Gasteiger partial charge on any atom is 0.238 e. The standard InChI is InChI=1S/C27H36N2O3S/c1-3-5-6-7-8-9-10-11-25(30)28-22-14-12-21(13-15-22)27-29(26(31)20-33-27)23-16-18-24(19-17-23)32-4-2/h12-19,27H,3-11,20H2,1-2H3,(H,28,30). The highest BCUT2D eigenvalue weighted by molar-refractivity contribution is 8.00. The van der Waals surface area contributed by atoms with Crippen LogP contribution in [0.3, 0.4) is 0 Å². The van der Waals surface area contributed by atoms with Crippen LogP contribution in [0.5, 0.6) is 5.75 Å². The van der Waals surface area contributed by atoms with Crippen molar-refractivity contribution >= 4 is 35.0 Å². The minimum atomic E-state index is -0.0760. The number of nitrogens with one attached hydrogen (secondary N) is 1. The Morgan fingerprint density at radius 2 is 1.64 bits per heavy atom. The number of anilines is 2. The molecule has 33 heavy (non-hydrogen) atoms. The Morgan fingerprint density at radius 1 is 0.970 bits per heavy atom. The Hall–Kier alpha value is -2.47. The summed E-state index contributed by atoms with van der Waals surface area (Å²) in [5.41, 5.74) is 2.71. The fourth-order valence-electron chi connectivity index (χ4n) is 4.02. The summed E-state index contributed by atoms with van der Waals surface area (Å²) in [6.07, 6.45) is 8.97. The Balaban J connectivity index is 1.52. The van der Waals surface area contributed by atoms with Gasteiger partial charge in [0, 0.05) is 17.8 Å². The number of hydrogen-bond donors (Lipinski definition) is 1. The van der Waals surface area contributed by atoms with E-state index in [-0.39, 0.29) is 17.2 Å². The van der Waals surface area contributed by atoms with Gasteiger partial charge in [0.2, 0.25) is 11.8 Å². The molecule has 1 aliphatic heterocycles. The minimum Gasteiger partial charge on any atom is -0.494 e. The molecule has 0 spiro atoms. The zero-order chi connectivity index (χ0) is 23.5. The molecule has 2 amide bonds. The van der Waals surface area contributed by atoms with E-state index in [2.05, 4.69) is 12.2 Å². The lowest BCUT2D eigenvalue weighted by Crippen LogP contribution is -2.27. The summed E-state index contributed by atoms with van der Waals surface area (Å²) in [6, 6.07) is 15.5. The minimum absolute atomic E-state index is 0.0674. The van der Waals surface area contributed by atoms with E-state index < -0.39 is 0 Å². The second-order valence-corrected chi connectivity index (χ2v) is 9.46. The lowest BCUT2D eigenvalue weighted by Gasteiger charge is -2.24. The number of carbonyl (C=O) groups is 2. The third kappa shape index (κ3) is 7.53. The fourth-order valence-corrected chi connectivity index (χ4v) is 5.19. The number of unbranched alkanes of at least 4 members (excludes halogenated alkanes) is 6. The van der Waals surface area contributed by atoms with Gasteiger partial charge in [-0.05, 0) is 55.3 Å². The van der Waals surface area contributed by atoms with Crippen LogP contribution in [0.2, 0.25) is 0 Å². The van der Waals surface area contributed by atoms with Crippen LogP contribution in [-0.2, 0) is 9.59 Å². The van der Waals surface area contributed by atoms with Crippen LogP contribution in [0.25, 0.3) is 0 Å². The van der Waals surface area contributed by atoms with Crippen LogP contribution in [0.4, 0.5) is 11.4 Å². The topological polar surface area (TPSA) is 58.6 Å². The first-order chi connectivity index (χ1) is 16.1. The molecule has 0 bridgehead atoms. The van der Waals surface area contributed by atoms with Gasteiger partial charge in [-0.2, -0.15) is 0 Å². The number of benzene rings is 2. The molecule has 1 aliphatic rings. The molecule has 1 unspecified atom stereocenters. The fraction of sp³-hybridized carbons (Fsp3) is 0.481. The average molecular weight is 469 g/mol. The Labute approximate surface area is 202 Å². The molecule has 0 radical (unpaired) electrons. The van der Waals surface area contributed by atoms with Crippen molar-refractivity contribution in [1.82, 2.24) is 0 Å². The normalized spacial score (nSPS) is 15.6. The highest BCUT2D eigenvalue weighted by Crippen LogP contribution is 2.42. The molecule has 5 nitrogen and oxygen atoms in total. The average Bonchev–Trinajstić information content (AvgIpc) is 3.21. The molecule has 1 fully saturated rings. The molecule has 6 heteroatoms. The maximum absolute atomic E-state index is 12.6. The van der Waals surface area contributed by atoms with Gasteiger partial charge in [0.1, 0.15) is 11.1 Å². The highest BCUT2D eigenvalue weighted by Gasteiger charge is 2.34. The van der Waals surface area contributed by atoms with Crippen LogP contribution in [-0.4, -0.2) is 24.2 Å². The summed E-state index contributed by atoms with van der Waals surface area (Å²) in [5.74, 6) is 1.42. The molecule has 0 saturated carbocycles. The predicted octanol–water partition coefficient (Wildman–Crippen LogP) is 6.94. The number of carbonyl (C=O) groups excluding carboxylic acids is 2. The number of hydrogen-bond acceptors (Lipinski definition) is 4. The van der Waals surface area contributed by atoms with Crippen molar-refractivity contribution < 1.29 is 14.3 Å². The lowest BCUT2D eigenvalue weighted by atomic mass is 10.1. The summed E-state index contributed by atoms with van der Waals surface area (Å²) >= 11 is 1.62. The summed E-state index contributed by atoms with van der Waals surface area (Å²) in [5, 5.41) is 2.92. The van der Waals surface area contributed by atoms with Crippen molar-refractivity contribution in [3.63, 3.8) is 0 Å². The van der Waals surface area contributed by atoms with Gasteiger partial charge in [-0.1, -0.05) is 57.6 Å². The van der Waals surface area contributed by atoms with Gasteiger partial charge in [0.05, 0.1) is 12.4 Å². The second kappa shape index (κ2) is 13.3. The maximum atomic E-state index is 12.6. The molecule has 0 aromatic heterocycles. The first kappa shape index (κ1) is 25.2. The van der Waals surface area contributed by atoms with Crippen LogP contribution < -0.4 is 15.0 Å². The summed E-state index contributed by atoms with van der Waals surface area (Å²) in [6.45, 7) is 4.79. The molecule has 3 rings (SSSR count). The molecule has 1 atom stereocenters. The summed E-state index contributed by atoms with van der Waals surface area (Å²) in [7, 11) is 0. The smallest absolute Gasteiger partial charge is 0.238 e. The molecular weight excluding hydrogens is 432 g/mol. The van der Waals surface area contributed by atoms with Crippen LogP contribution >= 0.6 is 11.8 Å². The largest absolute Gasteiger partial charge is 0.494 e. The van der Waals surface area contributed by atoms with Gasteiger partial charge in [-0.15, -0.1) is 11.8 Å². The van der Waals surface area contributed by atoms with E-state index in [1.165, 1.54) is 32.1 Å². The van der Waals surface area contributed by atoms with Crippen LogP contribution in [0.15, 0.2) is 48.5 Å². The van der Waals surface area contributed by atoms with E-state index in [0.29, 0.717) is 18.8 Å². The number of ether oxygens (including phenoxy) is 1. The van der Waals surface area contributed by atoms with Crippen molar-refractivity contribution in [2.45, 2.75) is 70.6 Å². The molecule has 0 aliphatic carbocycles. The quantitative estimate of drug-likeness (QED) is 0.323. The van der Waals surface area contributed by atoms with Crippen molar-refractivity contribution in [3.05, 3.63) is 54.1 Å². The zero-order valence-corrected chi connectivity index (χ0v) is 20.7. The summed E-state index contributed by atoms with van der Waals surface area (Å²) in [4.78, 5) is 26.7. The van der Waals surface area contributed by atoms with E-state index in [1.54, 1.807) is 11.8 Å². The number of nitrogens with zero attached hydrogens (tertiary/aromatic N) is 1. The SMILES string of the molecule is CCCCCCCCCC(=O)Nc1ccc(C2SCC(=O)N2c2ccc(OCC)cc2)cc1. The van der Waals surface area contributed by atoms with Crippen molar-refractivity contribution in [1.29, 1.82) is 0 Å². The van der Waals surface area contributed by atoms with E-state index in [0.717, 1.165) is 35.5 Å². The third-order valence-corrected chi connectivity index (χ3v) is 6.99. The Morgan fingerprint density at radius 3 is 2.30 bits per heavy atom. The highest BCUT2D eigenvalue weighted by atomic mass is 32.2. The number of thioether (sulfide) groups is 1. The van der Waals surface area contributed by atoms with Crippen LogP contribution in [0, 0.1) is 0 Å². The third-order valence-electron chi connectivity index (χ3n) is 5.78. The summed E-state index contributed by atoms with van der Waals surface area (Å²) < 4.78 is 5.51. The Kier molecular flexibility index (Phi) is 10.1. The first-order valence-electron chi connectivity index (χ1n) is 12.2. The van der Waals surface area contributed by atoms with Gasteiger partial charge < -0.3 is 10.1 Å². The monoisotopic (exact) mass is 468 g/mol. The second-order valence-electron chi connectivity index (χ2n) is 8.40. The molecule has 2 aromatic rings. The van der Waals surface area contributed by atoms with E-state index in [4.69, 9.17) is 4.74 Å². The number of amides is 2. The molecular formula is C27H36N2O3S. The van der Waals surface area contributed by atoms with Gasteiger partial charge in [0.25, 0.3) is 0 Å². The first-order valence-corrected chi connectivity index (χ1v) is 13.2. The van der Waals surface area contributed by atoms with E-state index in [9.17, 15) is 9.59 Å². The Bertz CT molecular complexity index is 883. The van der Waals surface area contributed by atoms with E-state index in [1.807, 2.05) is 60.4 Å². The van der Waals surface area contributed by atoms with Crippen molar-refractivity contribution in [2.75, 3.05) is 22.6 Å². The molecule has 1 N–H and O–H groups in total. The van der Waals surface area contributed by atoms with Crippen LogP contribution in [0.1, 0.15) is 76.2 Å². The molecule has 1 heterocycles. The van der Waals surface area contributed by atoms with Gasteiger partial charge in [-0.25, -0.2) is 0 Å². The van der Waals surface area contributed by atoms with Gasteiger partial charge >= 0.3 is 0 Å².